The Hall–Kier alpha value is -2.86. The molecule has 0 atom stereocenters. The first kappa shape index (κ1) is 31.7. The number of aliphatic hydroxyl groups is 1. The topological polar surface area (TPSA) is 76.2 Å². The molecule has 0 fully saturated rings. The zero-order valence-electron chi connectivity index (χ0n) is 24.0. The first-order valence-electron chi connectivity index (χ1n) is 13.8. The molecule has 1 radical (unpaired) electrons. The van der Waals surface area contributed by atoms with Crippen molar-refractivity contribution in [1.29, 1.82) is 0 Å². The van der Waals surface area contributed by atoms with Gasteiger partial charge in [-0.25, -0.2) is 4.98 Å². The molecule has 0 spiro atoms. The van der Waals surface area contributed by atoms with Crippen molar-refractivity contribution >= 4 is 49.3 Å². The van der Waals surface area contributed by atoms with E-state index in [9.17, 15) is 9.90 Å². The SMILES string of the molecule is CCC(CC)C(=O)/C=C(\O)C(CC)CC.Cc1ccc2c(n1)oc1c(-c3cc4sc(C)cc4cn3)[c-]ccc12.[Ir]. The second kappa shape index (κ2) is 14.2. The molecule has 5 nitrogen and oxygen atoms in total. The van der Waals surface area contributed by atoms with Gasteiger partial charge in [0.05, 0.1) is 11.3 Å². The number of rotatable bonds is 8. The molecule has 4 aromatic heterocycles. The monoisotopic (exact) mass is 734 g/mol. The number of aliphatic hydroxyl groups excluding tert-OH is 1. The largest absolute Gasteiger partial charge is 0.512 e. The minimum absolute atomic E-state index is 0. The van der Waals surface area contributed by atoms with Crippen LogP contribution in [0.2, 0.25) is 0 Å². The second-order valence-corrected chi connectivity index (χ2v) is 11.3. The molecular formula is C33H37IrN2O3S-. The molecule has 213 valence electrons. The van der Waals surface area contributed by atoms with Gasteiger partial charge in [-0.15, -0.1) is 29.5 Å². The number of benzene rings is 1. The van der Waals surface area contributed by atoms with Crippen molar-refractivity contribution in [3.63, 3.8) is 0 Å². The van der Waals surface area contributed by atoms with Crippen LogP contribution in [0.1, 0.15) is 63.9 Å². The summed E-state index contributed by atoms with van der Waals surface area (Å²) in [6, 6.07) is 15.6. The molecule has 0 bridgehead atoms. The van der Waals surface area contributed by atoms with Crippen LogP contribution in [0.25, 0.3) is 43.4 Å². The summed E-state index contributed by atoms with van der Waals surface area (Å²) in [5.41, 5.74) is 4.17. The van der Waals surface area contributed by atoms with Gasteiger partial charge in [-0.3, -0.25) is 4.79 Å². The predicted molar refractivity (Wildman–Crippen MR) is 162 cm³/mol. The molecule has 4 heterocycles. The van der Waals surface area contributed by atoms with E-state index in [0.717, 1.165) is 59.0 Å². The fraction of sp³-hybridized carbons (Fsp3) is 0.364. The molecule has 0 aliphatic carbocycles. The van der Waals surface area contributed by atoms with Gasteiger partial charge in [0.15, 0.2) is 5.78 Å². The first-order valence-corrected chi connectivity index (χ1v) is 14.6. The summed E-state index contributed by atoms with van der Waals surface area (Å²) in [4.78, 5) is 22.1. The number of furan rings is 1. The molecule has 5 rings (SSSR count). The van der Waals surface area contributed by atoms with Crippen molar-refractivity contribution in [2.45, 2.75) is 67.2 Å². The number of carbonyl (C=O) groups excluding carboxylic acids is 1. The van der Waals surface area contributed by atoms with Crippen molar-refractivity contribution in [2.24, 2.45) is 11.8 Å². The molecule has 0 aliphatic rings. The fourth-order valence-corrected chi connectivity index (χ4v) is 5.82. The van der Waals surface area contributed by atoms with Crippen molar-refractivity contribution in [1.82, 2.24) is 9.97 Å². The Morgan fingerprint density at radius 3 is 2.40 bits per heavy atom. The maximum Gasteiger partial charge on any atom is 0.216 e. The Balaban J connectivity index is 0.000000243. The van der Waals surface area contributed by atoms with Crippen LogP contribution >= 0.6 is 11.3 Å². The van der Waals surface area contributed by atoms with Crippen LogP contribution in [0.3, 0.4) is 0 Å². The molecule has 0 saturated heterocycles. The van der Waals surface area contributed by atoms with Gasteiger partial charge in [0, 0.05) is 70.3 Å². The number of hydrogen-bond donors (Lipinski definition) is 1. The third kappa shape index (κ3) is 6.88. The van der Waals surface area contributed by atoms with Crippen LogP contribution in [-0.2, 0) is 24.9 Å². The zero-order chi connectivity index (χ0) is 28.1. The van der Waals surface area contributed by atoms with Crippen molar-refractivity contribution in [2.75, 3.05) is 0 Å². The number of aryl methyl sites for hydroxylation is 2. The number of ketones is 1. The first-order chi connectivity index (χ1) is 18.8. The van der Waals surface area contributed by atoms with Gasteiger partial charge in [-0.2, -0.15) is 0 Å². The van der Waals surface area contributed by atoms with E-state index >= 15 is 0 Å². The van der Waals surface area contributed by atoms with E-state index in [2.05, 4.69) is 41.2 Å². The Labute approximate surface area is 254 Å². The molecule has 0 saturated carbocycles. The molecule has 40 heavy (non-hydrogen) atoms. The van der Waals surface area contributed by atoms with Crippen LogP contribution in [0.15, 0.2) is 58.8 Å². The molecule has 1 aromatic carbocycles. The average Bonchev–Trinajstić information content (AvgIpc) is 3.48. The van der Waals surface area contributed by atoms with E-state index in [4.69, 9.17) is 4.42 Å². The third-order valence-electron chi connectivity index (χ3n) is 7.30. The van der Waals surface area contributed by atoms with E-state index in [0.29, 0.717) is 5.71 Å². The van der Waals surface area contributed by atoms with Gasteiger partial charge in [0.1, 0.15) is 0 Å². The summed E-state index contributed by atoms with van der Waals surface area (Å²) in [6.45, 7) is 12.2. The number of carbonyl (C=O) groups is 1. The molecule has 0 amide bonds. The van der Waals surface area contributed by atoms with Crippen molar-refractivity contribution in [3.05, 3.63) is 71.1 Å². The Morgan fingerprint density at radius 2 is 1.73 bits per heavy atom. The standard InChI is InChI=1S/C20H13N2OS.C13H24O2.Ir/c1-11-6-7-15-14-4-3-5-16(19(14)23-20(15)22-11)17-9-18-13(10-21-17)8-12(2)24-18;1-5-10(6-2)12(14)9-13(15)11(7-3)8-4;/h3-4,6-10H,1-2H3;9-11,14H,5-8H2,1-4H3;/q-1;;/b;12-9-;. The van der Waals surface area contributed by atoms with Crippen LogP contribution in [-0.4, -0.2) is 20.9 Å². The zero-order valence-corrected chi connectivity index (χ0v) is 27.2. The van der Waals surface area contributed by atoms with Gasteiger partial charge in [-0.1, -0.05) is 44.7 Å². The normalized spacial score (nSPS) is 11.8. The number of thiophene rings is 1. The van der Waals surface area contributed by atoms with Crippen LogP contribution in [0, 0.1) is 31.7 Å². The number of hydrogen-bond acceptors (Lipinski definition) is 6. The van der Waals surface area contributed by atoms with Crippen LogP contribution < -0.4 is 0 Å². The summed E-state index contributed by atoms with van der Waals surface area (Å²) < 4.78 is 7.29. The van der Waals surface area contributed by atoms with Crippen molar-refractivity contribution < 1.29 is 34.4 Å². The quantitative estimate of drug-likeness (QED) is 0.0977. The number of fused-ring (bicyclic) bond motifs is 4. The Kier molecular flexibility index (Phi) is 11.2. The van der Waals surface area contributed by atoms with Crippen LogP contribution in [0.5, 0.6) is 0 Å². The van der Waals surface area contributed by atoms with E-state index in [1.807, 2.05) is 59.0 Å². The number of pyridine rings is 2. The fourth-order valence-electron chi connectivity index (χ4n) is 4.89. The van der Waals surface area contributed by atoms with E-state index in [1.54, 1.807) is 11.3 Å². The maximum atomic E-state index is 11.7. The number of nitrogens with zero attached hydrogens (tertiary/aromatic N) is 2. The molecular weight excluding hydrogens is 697 g/mol. The third-order valence-corrected chi connectivity index (χ3v) is 8.31. The van der Waals surface area contributed by atoms with Gasteiger partial charge in [0.2, 0.25) is 5.71 Å². The van der Waals surface area contributed by atoms with Gasteiger partial charge >= 0.3 is 0 Å². The average molecular weight is 734 g/mol. The molecule has 5 aromatic rings. The summed E-state index contributed by atoms with van der Waals surface area (Å²) in [7, 11) is 0. The number of aromatic nitrogens is 2. The van der Waals surface area contributed by atoms with E-state index in [1.165, 1.54) is 21.0 Å². The summed E-state index contributed by atoms with van der Waals surface area (Å²) in [6.07, 6.45) is 6.83. The minimum atomic E-state index is 0. The molecule has 0 unspecified atom stereocenters. The molecule has 1 N–H and O–H groups in total. The summed E-state index contributed by atoms with van der Waals surface area (Å²) >= 11 is 1.78. The predicted octanol–water partition coefficient (Wildman–Crippen LogP) is 9.54. The second-order valence-electron chi connectivity index (χ2n) is 9.97. The van der Waals surface area contributed by atoms with Crippen molar-refractivity contribution in [3.8, 4) is 11.3 Å². The molecule has 7 heteroatoms. The summed E-state index contributed by atoms with van der Waals surface area (Å²) in [5.74, 6) is 0.547. The number of allylic oxidation sites excluding steroid dienone is 2. The maximum absolute atomic E-state index is 11.7. The molecule has 0 aliphatic heterocycles. The minimum Gasteiger partial charge on any atom is -0.512 e. The van der Waals surface area contributed by atoms with E-state index < -0.39 is 0 Å². The van der Waals surface area contributed by atoms with Gasteiger partial charge < -0.3 is 14.5 Å². The van der Waals surface area contributed by atoms with Crippen LogP contribution in [0.4, 0.5) is 0 Å². The summed E-state index contributed by atoms with van der Waals surface area (Å²) in [5, 5.41) is 13.0. The Bertz CT molecular complexity index is 1630. The van der Waals surface area contributed by atoms with E-state index in [-0.39, 0.29) is 43.5 Å². The smallest absolute Gasteiger partial charge is 0.216 e. The Morgan fingerprint density at radius 1 is 1.02 bits per heavy atom. The van der Waals surface area contributed by atoms with Gasteiger partial charge in [0.25, 0.3) is 0 Å². The van der Waals surface area contributed by atoms with Gasteiger partial charge in [-0.05, 0) is 63.4 Å².